The summed E-state index contributed by atoms with van der Waals surface area (Å²) in [5.41, 5.74) is 4.71. The summed E-state index contributed by atoms with van der Waals surface area (Å²) in [5.74, 6) is -1.48. The number of nitrogens with zero attached hydrogens (tertiary/aromatic N) is 1. The maximum Gasteiger partial charge on any atom is 0.326 e. The summed E-state index contributed by atoms with van der Waals surface area (Å²) in [4.78, 5) is 28.1. The molecule has 6 heteroatoms. The highest BCUT2D eigenvalue weighted by atomic mass is 16.5. The van der Waals surface area contributed by atoms with Crippen LogP contribution in [-0.2, 0) is 35.8 Å². The van der Waals surface area contributed by atoms with Gasteiger partial charge in [0.05, 0.1) is 12.5 Å². The minimum Gasteiger partial charge on any atom is -0.488 e. The monoisotopic (exact) mass is 507 g/mol. The Labute approximate surface area is 221 Å². The second kappa shape index (κ2) is 11.3. The molecule has 0 unspecified atom stereocenters. The Balaban J connectivity index is 1.52. The van der Waals surface area contributed by atoms with Gasteiger partial charge in [0.15, 0.2) is 0 Å². The number of carboxylic acids is 1. The number of aliphatic carboxylic acids is 1. The minimum atomic E-state index is -1.08. The molecule has 0 fully saturated rings. The molecule has 1 aliphatic heterocycles. The zero-order valence-electron chi connectivity index (χ0n) is 20.9. The highest BCUT2D eigenvalue weighted by Crippen LogP contribution is 2.37. The van der Waals surface area contributed by atoms with E-state index in [1.165, 1.54) is 4.90 Å². The first-order valence-corrected chi connectivity index (χ1v) is 12.6. The lowest BCUT2D eigenvalue weighted by atomic mass is 9.86. The second-order valence-corrected chi connectivity index (χ2v) is 9.40. The van der Waals surface area contributed by atoms with Crippen LogP contribution < -0.4 is 4.74 Å². The van der Waals surface area contributed by atoms with E-state index in [4.69, 9.17) is 4.74 Å². The van der Waals surface area contributed by atoms with Gasteiger partial charge in [0.25, 0.3) is 0 Å². The summed E-state index contributed by atoms with van der Waals surface area (Å²) < 4.78 is 6.17. The number of carbonyl (C=O) groups is 2. The van der Waals surface area contributed by atoms with E-state index in [0.717, 1.165) is 27.8 Å². The summed E-state index contributed by atoms with van der Waals surface area (Å²) >= 11 is 0. The van der Waals surface area contributed by atoms with E-state index in [0.29, 0.717) is 11.3 Å². The SMILES string of the molecule is O=C(O)[C@H]1Cc2c(ccc(CO)c2OCc2ccccc2)CN1C(=O)C(c1ccccc1)c1ccccc1. The van der Waals surface area contributed by atoms with Crippen LogP contribution in [0.4, 0.5) is 0 Å². The van der Waals surface area contributed by atoms with E-state index < -0.39 is 17.9 Å². The third kappa shape index (κ3) is 5.17. The summed E-state index contributed by atoms with van der Waals surface area (Å²) in [6.07, 6.45) is 0.0880. The second-order valence-electron chi connectivity index (χ2n) is 9.40. The lowest BCUT2D eigenvalue weighted by Crippen LogP contribution is -2.50. The quantitative estimate of drug-likeness (QED) is 0.353. The molecule has 6 nitrogen and oxygen atoms in total. The molecule has 0 aromatic heterocycles. The number of hydrogen-bond acceptors (Lipinski definition) is 4. The normalized spacial score (nSPS) is 14.7. The van der Waals surface area contributed by atoms with Crippen molar-refractivity contribution >= 4 is 11.9 Å². The largest absolute Gasteiger partial charge is 0.488 e. The van der Waals surface area contributed by atoms with Gasteiger partial charge < -0.3 is 19.8 Å². The fraction of sp³-hybridized carbons (Fsp3) is 0.188. The molecule has 2 N–H and O–H groups in total. The van der Waals surface area contributed by atoms with E-state index in [-0.39, 0.29) is 32.1 Å². The number of fused-ring (bicyclic) bond motifs is 1. The van der Waals surface area contributed by atoms with Crippen LogP contribution in [0, 0.1) is 0 Å². The molecule has 1 atom stereocenters. The zero-order valence-corrected chi connectivity index (χ0v) is 20.9. The highest BCUT2D eigenvalue weighted by molar-refractivity contribution is 5.91. The lowest BCUT2D eigenvalue weighted by Gasteiger charge is -2.37. The molecule has 0 spiro atoms. The molecule has 4 aromatic rings. The number of ether oxygens (including phenoxy) is 1. The number of rotatable bonds is 8. The van der Waals surface area contributed by atoms with Crippen molar-refractivity contribution in [1.29, 1.82) is 0 Å². The molecule has 0 bridgehead atoms. The molecular weight excluding hydrogens is 478 g/mol. The van der Waals surface area contributed by atoms with Gasteiger partial charge in [-0.25, -0.2) is 4.79 Å². The van der Waals surface area contributed by atoms with Crippen LogP contribution in [-0.4, -0.2) is 33.0 Å². The van der Waals surface area contributed by atoms with Crippen molar-refractivity contribution in [3.63, 3.8) is 0 Å². The van der Waals surface area contributed by atoms with Crippen molar-refractivity contribution in [3.8, 4) is 5.75 Å². The standard InChI is InChI=1S/C32H29NO5/c34-20-26-17-16-25-19-33(31(35)29(23-12-6-2-7-13-23)24-14-8-3-9-15-24)28(32(36)37)18-27(25)30(26)38-21-22-10-4-1-5-11-22/h1-17,28-29,34H,18-21H2,(H,36,37)/t28-/m1/s1. The molecular formula is C32H29NO5. The van der Waals surface area contributed by atoms with Crippen molar-refractivity contribution in [2.45, 2.75) is 38.1 Å². The van der Waals surface area contributed by atoms with Gasteiger partial charge in [-0.2, -0.15) is 0 Å². The van der Waals surface area contributed by atoms with Crippen molar-refractivity contribution < 1.29 is 24.5 Å². The van der Waals surface area contributed by atoms with E-state index in [2.05, 4.69) is 0 Å². The molecule has 1 heterocycles. The smallest absolute Gasteiger partial charge is 0.326 e. The molecule has 1 amide bonds. The van der Waals surface area contributed by atoms with Crippen LogP contribution in [0.15, 0.2) is 103 Å². The molecule has 38 heavy (non-hydrogen) atoms. The van der Waals surface area contributed by atoms with Gasteiger partial charge in [0.2, 0.25) is 5.91 Å². The van der Waals surface area contributed by atoms with Gasteiger partial charge in [0, 0.05) is 24.1 Å². The van der Waals surface area contributed by atoms with Crippen molar-refractivity contribution in [1.82, 2.24) is 4.90 Å². The molecule has 0 saturated carbocycles. The Morgan fingerprint density at radius 1 is 0.842 bits per heavy atom. The molecule has 0 radical (unpaired) electrons. The first kappa shape index (κ1) is 25.2. The van der Waals surface area contributed by atoms with Gasteiger partial charge in [-0.3, -0.25) is 4.79 Å². The maximum atomic E-state index is 14.1. The van der Waals surface area contributed by atoms with Crippen molar-refractivity contribution in [2.24, 2.45) is 0 Å². The van der Waals surface area contributed by atoms with Crippen LogP contribution in [0.25, 0.3) is 0 Å². The highest BCUT2D eigenvalue weighted by Gasteiger charge is 2.39. The number of hydrogen-bond donors (Lipinski definition) is 2. The van der Waals surface area contributed by atoms with Gasteiger partial charge in [0.1, 0.15) is 18.4 Å². The summed E-state index contributed by atoms with van der Waals surface area (Å²) in [6, 6.07) is 31.1. The van der Waals surface area contributed by atoms with Crippen LogP contribution in [0.1, 0.15) is 39.3 Å². The number of carboxylic acid groups (broad SMARTS) is 1. The predicted octanol–water partition coefficient (Wildman–Crippen LogP) is 4.93. The van der Waals surface area contributed by atoms with E-state index in [9.17, 15) is 19.8 Å². The van der Waals surface area contributed by atoms with Crippen LogP contribution in [0.2, 0.25) is 0 Å². The molecule has 0 aliphatic carbocycles. The topological polar surface area (TPSA) is 87.1 Å². The molecule has 5 rings (SSSR count). The fourth-order valence-corrected chi connectivity index (χ4v) is 5.11. The van der Waals surface area contributed by atoms with Gasteiger partial charge in [-0.05, 0) is 22.3 Å². The number of benzene rings is 4. The van der Waals surface area contributed by atoms with Gasteiger partial charge >= 0.3 is 5.97 Å². The fourth-order valence-electron chi connectivity index (χ4n) is 5.11. The molecule has 0 saturated heterocycles. The summed E-state index contributed by atoms with van der Waals surface area (Å²) in [5, 5.41) is 20.2. The van der Waals surface area contributed by atoms with Crippen LogP contribution in [0.3, 0.4) is 0 Å². The molecule has 1 aliphatic rings. The van der Waals surface area contributed by atoms with E-state index in [1.807, 2.05) is 97.1 Å². The Morgan fingerprint density at radius 3 is 1.97 bits per heavy atom. The average molecular weight is 508 g/mol. The average Bonchev–Trinajstić information content (AvgIpc) is 2.96. The van der Waals surface area contributed by atoms with Gasteiger partial charge in [-0.1, -0.05) is 103 Å². The third-order valence-corrected chi connectivity index (χ3v) is 7.03. The Hall–Kier alpha value is -4.42. The Morgan fingerprint density at radius 2 is 1.42 bits per heavy atom. The van der Waals surface area contributed by atoms with E-state index >= 15 is 0 Å². The number of amides is 1. The third-order valence-electron chi connectivity index (χ3n) is 7.03. The Kier molecular flexibility index (Phi) is 7.52. The Bertz CT molecular complexity index is 1370. The minimum absolute atomic E-state index is 0.0880. The van der Waals surface area contributed by atoms with Crippen molar-refractivity contribution in [3.05, 3.63) is 137 Å². The molecule has 192 valence electrons. The zero-order chi connectivity index (χ0) is 26.5. The summed E-state index contributed by atoms with van der Waals surface area (Å²) in [7, 11) is 0. The molecule has 4 aromatic carbocycles. The van der Waals surface area contributed by atoms with Crippen LogP contribution in [0.5, 0.6) is 5.75 Å². The number of aliphatic hydroxyl groups excluding tert-OH is 1. The van der Waals surface area contributed by atoms with Crippen molar-refractivity contribution in [2.75, 3.05) is 0 Å². The number of carbonyl (C=O) groups excluding carboxylic acids is 1. The first-order valence-electron chi connectivity index (χ1n) is 12.6. The van der Waals surface area contributed by atoms with Gasteiger partial charge in [-0.15, -0.1) is 0 Å². The first-order chi connectivity index (χ1) is 18.6. The number of aliphatic hydroxyl groups is 1. The van der Waals surface area contributed by atoms with Crippen LogP contribution >= 0.6 is 0 Å². The van der Waals surface area contributed by atoms with E-state index in [1.54, 1.807) is 6.07 Å². The summed E-state index contributed by atoms with van der Waals surface area (Å²) in [6.45, 7) is 0.186. The lowest BCUT2D eigenvalue weighted by molar-refractivity contribution is -0.151. The predicted molar refractivity (Wildman–Crippen MR) is 144 cm³/mol. The maximum absolute atomic E-state index is 14.1.